The quantitative estimate of drug-likeness (QED) is 0.776. The molecule has 0 aliphatic carbocycles. The van der Waals surface area contributed by atoms with Gasteiger partial charge in [0.05, 0.1) is 20.3 Å². The Morgan fingerprint density at radius 2 is 2.00 bits per heavy atom. The fraction of sp³-hybridized carbons (Fsp3) is 0.556. The zero-order valence-corrected chi connectivity index (χ0v) is 15.1. The molecule has 0 saturated carbocycles. The molecule has 0 bridgehead atoms. The number of hydrogen-bond donors (Lipinski definition) is 0. The monoisotopic (exact) mass is 351 g/mol. The average molecular weight is 351 g/mol. The fourth-order valence-electron chi connectivity index (χ4n) is 2.37. The van der Waals surface area contributed by atoms with Gasteiger partial charge in [0.25, 0.3) is 0 Å². The van der Waals surface area contributed by atoms with Crippen molar-refractivity contribution in [1.82, 2.24) is 4.90 Å². The van der Waals surface area contributed by atoms with E-state index >= 15 is 0 Å². The molecule has 1 unspecified atom stereocenters. The van der Waals surface area contributed by atoms with Crippen LogP contribution in [0.15, 0.2) is 24.3 Å². The minimum absolute atomic E-state index is 0.216. The molecule has 138 valence electrons. The van der Waals surface area contributed by atoms with Gasteiger partial charge < -0.3 is 23.8 Å². The van der Waals surface area contributed by atoms with Crippen molar-refractivity contribution in [3.05, 3.63) is 29.8 Å². The van der Waals surface area contributed by atoms with Crippen LogP contribution in [0, 0.1) is 0 Å². The van der Waals surface area contributed by atoms with E-state index in [9.17, 15) is 9.59 Å². The Kier molecular flexibility index (Phi) is 6.25. The summed E-state index contributed by atoms with van der Waals surface area (Å²) in [5, 5.41) is 0. The lowest BCUT2D eigenvalue weighted by Crippen LogP contribution is -2.49. The molecule has 25 heavy (non-hydrogen) atoms. The van der Waals surface area contributed by atoms with E-state index in [0.717, 1.165) is 0 Å². The first-order valence-corrected chi connectivity index (χ1v) is 8.20. The molecule has 1 aliphatic rings. The van der Waals surface area contributed by atoms with Gasteiger partial charge in [-0.05, 0) is 32.9 Å². The van der Waals surface area contributed by atoms with Crippen LogP contribution in [0.25, 0.3) is 0 Å². The molecule has 1 saturated heterocycles. The van der Waals surface area contributed by atoms with Crippen LogP contribution in [0.3, 0.4) is 0 Å². The molecule has 0 N–H and O–H groups in total. The average Bonchev–Trinajstić information content (AvgIpc) is 2.58. The molecule has 0 aromatic heterocycles. The van der Waals surface area contributed by atoms with Gasteiger partial charge in [0, 0.05) is 6.54 Å². The number of esters is 1. The number of nitrogens with zero attached hydrogens (tertiary/aromatic N) is 1. The number of para-hydroxylation sites is 1. The van der Waals surface area contributed by atoms with Crippen molar-refractivity contribution in [3.63, 3.8) is 0 Å². The standard InChI is InChI=1S/C18H25NO6/c1-18(2,3)25-17(21)19-9-10-23-13(11-19)12-24-15-8-6-5-7-14(15)16(20)22-4/h5-8,13H,9-12H2,1-4H3. The van der Waals surface area contributed by atoms with Crippen molar-refractivity contribution in [1.29, 1.82) is 0 Å². The summed E-state index contributed by atoms with van der Waals surface area (Å²) in [5.74, 6) is -0.0390. The number of rotatable bonds is 4. The Labute approximate surface area is 147 Å². The molecule has 1 aromatic carbocycles. The van der Waals surface area contributed by atoms with Gasteiger partial charge in [-0.2, -0.15) is 0 Å². The van der Waals surface area contributed by atoms with E-state index in [1.165, 1.54) is 7.11 Å². The summed E-state index contributed by atoms with van der Waals surface area (Å²) in [5.41, 5.74) is -0.189. The predicted octanol–water partition coefficient (Wildman–Crippen LogP) is 2.49. The number of ether oxygens (including phenoxy) is 4. The second kappa shape index (κ2) is 8.20. The summed E-state index contributed by atoms with van der Waals surface area (Å²) in [6.45, 7) is 6.96. The Morgan fingerprint density at radius 1 is 1.28 bits per heavy atom. The third-order valence-electron chi connectivity index (χ3n) is 3.51. The SMILES string of the molecule is COC(=O)c1ccccc1OCC1CN(C(=O)OC(C)(C)C)CCO1. The van der Waals surface area contributed by atoms with Crippen LogP contribution in [0.2, 0.25) is 0 Å². The molecular formula is C18H25NO6. The first-order valence-electron chi connectivity index (χ1n) is 8.20. The molecule has 7 heteroatoms. The highest BCUT2D eigenvalue weighted by Crippen LogP contribution is 2.20. The van der Waals surface area contributed by atoms with Gasteiger partial charge in [-0.15, -0.1) is 0 Å². The van der Waals surface area contributed by atoms with Gasteiger partial charge in [0.2, 0.25) is 0 Å². The van der Waals surface area contributed by atoms with Gasteiger partial charge in [0.1, 0.15) is 29.6 Å². The number of benzene rings is 1. The van der Waals surface area contributed by atoms with Crippen LogP contribution in [0.4, 0.5) is 4.79 Å². The number of hydrogen-bond acceptors (Lipinski definition) is 6. The van der Waals surface area contributed by atoms with Crippen LogP contribution >= 0.6 is 0 Å². The third-order valence-corrected chi connectivity index (χ3v) is 3.51. The summed E-state index contributed by atoms with van der Waals surface area (Å²) in [6.07, 6.45) is -0.664. The molecule has 0 radical (unpaired) electrons. The normalized spacial score (nSPS) is 17.8. The zero-order valence-electron chi connectivity index (χ0n) is 15.1. The number of amides is 1. The maximum absolute atomic E-state index is 12.2. The van der Waals surface area contributed by atoms with Crippen LogP contribution in [0.5, 0.6) is 5.75 Å². The van der Waals surface area contributed by atoms with Crippen LogP contribution in [-0.2, 0) is 14.2 Å². The summed E-state index contributed by atoms with van der Waals surface area (Å²) in [4.78, 5) is 25.5. The van der Waals surface area contributed by atoms with E-state index in [-0.39, 0.29) is 18.8 Å². The van der Waals surface area contributed by atoms with Gasteiger partial charge >= 0.3 is 12.1 Å². The molecule has 1 amide bonds. The van der Waals surface area contributed by atoms with E-state index in [2.05, 4.69) is 0 Å². The highest BCUT2D eigenvalue weighted by molar-refractivity contribution is 5.92. The molecule has 0 spiro atoms. The molecule has 2 rings (SSSR count). The van der Waals surface area contributed by atoms with Crippen molar-refractivity contribution >= 4 is 12.1 Å². The zero-order chi connectivity index (χ0) is 18.4. The first kappa shape index (κ1) is 19.1. The maximum atomic E-state index is 12.2. The van der Waals surface area contributed by atoms with E-state index < -0.39 is 11.6 Å². The molecule has 1 heterocycles. The predicted molar refractivity (Wildman–Crippen MR) is 90.8 cm³/mol. The first-order chi connectivity index (χ1) is 11.8. The van der Waals surface area contributed by atoms with Crippen molar-refractivity contribution < 1.29 is 28.5 Å². The number of morpholine rings is 1. The summed E-state index contributed by atoms with van der Waals surface area (Å²) >= 11 is 0. The third kappa shape index (κ3) is 5.63. The number of carbonyl (C=O) groups excluding carboxylic acids is 2. The Hall–Kier alpha value is -2.28. The van der Waals surface area contributed by atoms with E-state index in [4.69, 9.17) is 18.9 Å². The largest absolute Gasteiger partial charge is 0.490 e. The van der Waals surface area contributed by atoms with Gasteiger partial charge in [0.15, 0.2) is 0 Å². The van der Waals surface area contributed by atoms with Gasteiger partial charge in [-0.25, -0.2) is 9.59 Å². The minimum Gasteiger partial charge on any atom is -0.490 e. The van der Waals surface area contributed by atoms with Crippen molar-refractivity contribution in [3.8, 4) is 5.75 Å². The lowest BCUT2D eigenvalue weighted by Gasteiger charge is -2.34. The van der Waals surface area contributed by atoms with Gasteiger partial charge in [-0.1, -0.05) is 12.1 Å². The Morgan fingerprint density at radius 3 is 2.68 bits per heavy atom. The van der Waals surface area contributed by atoms with E-state index in [1.807, 2.05) is 20.8 Å². The molecule has 7 nitrogen and oxygen atoms in total. The molecule has 1 aromatic rings. The smallest absolute Gasteiger partial charge is 0.410 e. The fourth-order valence-corrected chi connectivity index (χ4v) is 2.37. The molecule has 1 aliphatic heterocycles. The lowest BCUT2D eigenvalue weighted by atomic mass is 10.2. The van der Waals surface area contributed by atoms with Crippen molar-refractivity contribution in [2.75, 3.05) is 33.4 Å². The van der Waals surface area contributed by atoms with Gasteiger partial charge in [-0.3, -0.25) is 0 Å². The summed E-state index contributed by atoms with van der Waals surface area (Å²) < 4.78 is 21.5. The molecule has 1 atom stereocenters. The molecular weight excluding hydrogens is 326 g/mol. The summed E-state index contributed by atoms with van der Waals surface area (Å²) in [6, 6.07) is 6.84. The van der Waals surface area contributed by atoms with E-state index in [0.29, 0.717) is 31.0 Å². The second-order valence-electron chi connectivity index (χ2n) is 6.72. The highest BCUT2D eigenvalue weighted by atomic mass is 16.6. The van der Waals surface area contributed by atoms with E-state index in [1.54, 1.807) is 29.2 Å². The maximum Gasteiger partial charge on any atom is 0.410 e. The lowest BCUT2D eigenvalue weighted by molar-refractivity contribution is -0.0557. The Bertz CT molecular complexity index is 610. The molecule has 1 fully saturated rings. The number of carbonyl (C=O) groups is 2. The number of methoxy groups -OCH3 is 1. The van der Waals surface area contributed by atoms with Crippen molar-refractivity contribution in [2.24, 2.45) is 0 Å². The van der Waals surface area contributed by atoms with Crippen LogP contribution in [-0.4, -0.2) is 62.1 Å². The van der Waals surface area contributed by atoms with Crippen LogP contribution in [0.1, 0.15) is 31.1 Å². The Balaban J connectivity index is 1.93. The second-order valence-corrected chi connectivity index (χ2v) is 6.72. The minimum atomic E-state index is -0.541. The van der Waals surface area contributed by atoms with Crippen molar-refractivity contribution in [2.45, 2.75) is 32.5 Å². The van der Waals surface area contributed by atoms with Crippen LogP contribution < -0.4 is 4.74 Å². The summed E-state index contributed by atoms with van der Waals surface area (Å²) in [7, 11) is 1.32. The highest BCUT2D eigenvalue weighted by Gasteiger charge is 2.28. The topological polar surface area (TPSA) is 74.3 Å².